The van der Waals surface area contributed by atoms with Crippen molar-refractivity contribution in [1.82, 2.24) is 19.4 Å². The number of carbonyl (C=O) groups excluding carboxylic acids is 1. The van der Waals surface area contributed by atoms with Crippen LogP contribution >= 0.6 is 11.8 Å². The Morgan fingerprint density at radius 1 is 1.11 bits per heavy atom. The van der Waals surface area contributed by atoms with Crippen molar-refractivity contribution in [3.05, 3.63) is 88.7 Å². The van der Waals surface area contributed by atoms with E-state index >= 15 is 0 Å². The summed E-state index contributed by atoms with van der Waals surface area (Å²) in [5.74, 6) is -0.332. The lowest BCUT2D eigenvalue weighted by atomic mass is 9.96. The topological polar surface area (TPSA) is 98.4 Å². The number of ether oxygens (including phenoxy) is 1. The summed E-state index contributed by atoms with van der Waals surface area (Å²) in [7, 11) is 2.97. The molecule has 12 heteroatoms. The zero-order chi connectivity index (χ0) is 27.6. The van der Waals surface area contributed by atoms with Gasteiger partial charge in [-0.25, -0.2) is 9.36 Å². The van der Waals surface area contributed by atoms with E-state index in [9.17, 15) is 27.9 Å². The number of amides is 1. The quantitative estimate of drug-likeness (QED) is 0.328. The Balaban J connectivity index is 1.86. The molecule has 0 saturated heterocycles. The number of imidazole rings is 1. The fourth-order valence-corrected chi connectivity index (χ4v) is 4.67. The Morgan fingerprint density at radius 3 is 2.34 bits per heavy atom. The molecule has 198 valence electrons. The molecule has 0 radical (unpaired) electrons. The monoisotopic (exact) mass is 544 g/mol. The first-order valence-corrected chi connectivity index (χ1v) is 12.1. The zero-order valence-electron chi connectivity index (χ0n) is 20.5. The smallest absolute Gasteiger partial charge is 0.446 e. The first kappa shape index (κ1) is 26.9. The summed E-state index contributed by atoms with van der Waals surface area (Å²) in [5, 5.41) is 13.5. The van der Waals surface area contributed by atoms with E-state index in [4.69, 9.17) is 4.74 Å². The van der Waals surface area contributed by atoms with Gasteiger partial charge in [-0.2, -0.15) is 13.2 Å². The van der Waals surface area contributed by atoms with Gasteiger partial charge in [-0.15, -0.1) is 0 Å². The molecule has 4 rings (SSSR count). The van der Waals surface area contributed by atoms with E-state index in [0.29, 0.717) is 16.9 Å². The standard InChI is InChI=1S/C26H23F3N4O4S/c1-15-24(35)33(17-6-10-19(11-7-17)38-26(27,28)29)25(36)32(15)22(23(34)30-2)20-12-13-31-14-21(20)16-4-8-18(37-3)9-5-16/h4-14,22,35H,1-3H3,(H,30,34). The molecule has 0 aliphatic rings. The Morgan fingerprint density at radius 2 is 1.76 bits per heavy atom. The number of likely N-dealkylation sites (N-methyl/N-ethyl adjacent to an activating group) is 1. The molecule has 0 spiro atoms. The van der Waals surface area contributed by atoms with Crippen molar-refractivity contribution in [2.45, 2.75) is 23.4 Å². The molecule has 0 bridgehead atoms. The van der Waals surface area contributed by atoms with E-state index in [-0.39, 0.29) is 28.0 Å². The van der Waals surface area contributed by atoms with Crippen LogP contribution in [0, 0.1) is 6.92 Å². The molecule has 2 N–H and O–H groups in total. The van der Waals surface area contributed by atoms with Crippen molar-refractivity contribution in [3.63, 3.8) is 0 Å². The summed E-state index contributed by atoms with van der Waals surface area (Å²) < 4.78 is 45.5. The Hall–Kier alpha value is -4.19. The van der Waals surface area contributed by atoms with Crippen LogP contribution in [0.1, 0.15) is 17.3 Å². The number of aromatic nitrogens is 3. The molecule has 0 fully saturated rings. The van der Waals surface area contributed by atoms with Crippen LogP contribution in [0.25, 0.3) is 16.8 Å². The van der Waals surface area contributed by atoms with Crippen molar-refractivity contribution in [2.24, 2.45) is 0 Å². The van der Waals surface area contributed by atoms with Crippen LogP contribution in [-0.2, 0) is 4.79 Å². The Kier molecular flexibility index (Phi) is 7.53. The van der Waals surface area contributed by atoms with E-state index in [1.807, 2.05) is 0 Å². The van der Waals surface area contributed by atoms with Crippen LogP contribution in [0.2, 0.25) is 0 Å². The maximum Gasteiger partial charge on any atom is 0.446 e. The minimum atomic E-state index is -4.47. The SMILES string of the molecule is CNC(=O)C(c1ccncc1-c1ccc(OC)cc1)n1c(C)c(O)n(-c2ccc(SC(F)(F)F)cc2)c1=O. The number of benzene rings is 2. The largest absolute Gasteiger partial charge is 0.497 e. The lowest BCUT2D eigenvalue weighted by Gasteiger charge is -2.21. The molecule has 0 saturated carbocycles. The number of carbonyl (C=O) groups is 1. The number of aromatic hydroxyl groups is 1. The fraction of sp³-hybridized carbons (Fsp3) is 0.192. The molecular weight excluding hydrogens is 521 g/mol. The minimum Gasteiger partial charge on any atom is -0.497 e. The molecule has 4 aromatic rings. The average Bonchev–Trinajstić information content (AvgIpc) is 3.12. The predicted molar refractivity (Wildman–Crippen MR) is 137 cm³/mol. The predicted octanol–water partition coefficient (Wildman–Crippen LogP) is 4.67. The number of hydrogen-bond donors (Lipinski definition) is 2. The van der Waals surface area contributed by atoms with E-state index in [2.05, 4.69) is 10.3 Å². The van der Waals surface area contributed by atoms with E-state index in [1.165, 1.54) is 44.4 Å². The molecular formula is C26H23F3N4O4S. The van der Waals surface area contributed by atoms with Gasteiger partial charge in [0.05, 0.1) is 18.5 Å². The molecule has 8 nitrogen and oxygen atoms in total. The number of pyridine rings is 1. The van der Waals surface area contributed by atoms with Gasteiger partial charge < -0.3 is 15.2 Å². The Bertz CT molecular complexity index is 1510. The number of nitrogens with zero attached hydrogens (tertiary/aromatic N) is 3. The normalized spacial score (nSPS) is 12.3. The highest BCUT2D eigenvalue weighted by Gasteiger charge is 2.32. The number of halogens is 3. The highest BCUT2D eigenvalue weighted by atomic mass is 32.2. The maximum absolute atomic E-state index is 13.7. The van der Waals surface area contributed by atoms with Crippen LogP contribution in [0.3, 0.4) is 0 Å². The molecule has 0 aliphatic heterocycles. The van der Waals surface area contributed by atoms with Crippen molar-refractivity contribution in [3.8, 4) is 28.4 Å². The lowest BCUT2D eigenvalue weighted by molar-refractivity contribution is -0.122. The third-order valence-electron chi connectivity index (χ3n) is 5.93. The van der Waals surface area contributed by atoms with Crippen molar-refractivity contribution in [2.75, 3.05) is 14.2 Å². The first-order valence-electron chi connectivity index (χ1n) is 11.2. The summed E-state index contributed by atoms with van der Waals surface area (Å²) >= 11 is -0.290. The van der Waals surface area contributed by atoms with Crippen LogP contribution in [-0.4, -0.2) is 44.8 Å². The van der Waals surface area contributed by atoms with E-state index in [0.717, 1.165) is 14.7 Å². The van der Waals surface area contributed by atoms with E-state index < -0.39 is 29.0 Å². The molecule has 2 aromatic carbocycles. The van der Waals surface area contributed by atoms with Crippen LogP contribution in [0.15, 0.2) is 76.7 Å². The maximum atomic E-state index is 13.7. The van der Waals surface area contributed by atoms with Gasteiger partial charge in [0, 0.05) is 29.9 Å². The third kappa shape index (κ3) is 5.25. The van der Waals surface area contributed by atoms with Crippen molar-refractivity contribution in [1.29, 1.82) is 0 Å². The number of rotatable bonds is 7. The number of nitrogens with one attached hydrogen (secondary N) is 1. The molecule has 2 aromatic heterocycles. The molecule has 1 unspecified atom stereocenters. The minimum absolute atomic E-state index is 0.0749. The van der Waals surface area contributed by atoms with Gasteiger partial charge in [0.2, 0.25) is 11.8 Å². The summed E-state index contributed by atoms with van der Waals surface area (Å²) in [6.07, 6.45) is 3.06. The van der Waals surface area contributed by atoms with Gasteiger partial charge in [0.1, 0.15) is 11.8 Å². The second-order valence-corrected chi connectivity index (χ2v) is 9.29. The van der Waals surface area contributed by atoms with Crippen LogP contribution in [0.5, 0.6) is 11.6 Å². The van der Waals surface area contributed by atoms with Crippen molar-refractivity contribution >= 4 is 17.7 Å². The summed E-state index contributed by atoms with van der Waals surface area (Å²) in [6.45, 7) is 1.48. The number of alkyl halides is 3. The van der Waals surface area contributed by atoms with Gasteiger partial charge in [0.15, 0.2) is 0 Å². The summed E-state index contributed by atoms with van der Waals surface area (Å²) in [4.78, 5) is 31.0. The molecule has 0 aliphatic carbocycles. The number of thioether (sulfide) groups is 1. The summed E-state index contributed by atoms with van der Waals surface area (Å²) in [5.41, 5.74) is -3.24. The molecule has 2 heterocycles. The summed E-state index contributed by atoms with van der Waals surface area (Å²) in [6, 6.07) is 12.5. The second kappa shape index (κ2) is 10.7. The second-order valence-electron chi connectivity index (χ2n) is 8.15. The van der Waals surface area contributed by atoms with E-state index in [1.54, 1.807) is 43.6 Å². The fourth-order valence-electron chi connectivity index (χ4n) is 4.13. The van der Waals surface area contributed by atoms with Gasteiger partial charge in [-0.3, -0.25) is 14.3 Å². The molecule has 38 heavy (non-hydrogen) atoms. The zero-order valence-corrected chi connectivity index (χ0v) is 21.3. The van der Waals surface area contributed by atoms with Gasteiger partial charge in [-0.1, -0.05) is 12.1 Å². The molecule has 1 atom stereocenters. The lowest BCUT2D eigenvalue weighted by Crippen LogP contribution is -2.37. The third-order valence-corrected chi connectivity index (χ3v) is 6.67. The molecule has 1 amide bonds. The average molecular weight is 545 g/mol. The van der Waals surface area contributed by atoms with Gasteiger partial charge in [0.25, 0.3) is 0 Å². The first-order chi connectivity index (χ1) is 18.1. The number of methoxy groups -OCH3 is 1. The highest BCUT2D eigenvalue weighted by molar-refractivity contribution is 8.00. The number of hydrogen-bond acceptors (Lipinski definition) is 6. The van der Waals surface area contributed by atoms with Gasteiger partial charge in [-0.05, 0) is 72.3 Å². The highest BCUT2D eigenvalue weighted by Crippen LogP contribution is 2.37. The van der Waals surface area contributed by atoms with Crippen LogP contribution < -0.4 is 15.7 Å². The van der Waals surface area contributed by atoms with Crippen molar-refractivity contribution < 1.29 is 27.8 Å². The Labute approximate surface area is 219 Å². The van der Waals surface area contributed by atoms with Gasteiger partial charge >= 0.3 is 11.2 Å². The van der Waals surface area contributed by atoms with Crippen LogP contribution in [0.4, 0.5) is 13.2 Å².